The van der Waals surface area contributed by atoms with E-state index in [0.29, 0.717) is 24.5 Å². The lowest BCUT2D eigenvalue weighted by Gasteiger charge is -2.10. The minimum atomic E-state index is -0.449. The zero-order valence-electron chi connectivity index (χ0n) is 24.4. The molecule has 3 aromatic carbocycles. The molecule has 4 nitrogen and oxygen atoms in total. The molecule has 0 spiro atoms. The SMILES string of the molecule is CCCCCCCOc1ccc(OC(=O)c2ccc(-c3ccc(OCCCCCC(C)CC)c(F)c3)cc2)cc1. The predicted molar refractivity (Wildman–Crippen MR) is 161 cm³/mol. The summed E-state index contributed by atoms with van der Waals surface area (Å²) in [6, 6.07) is 19.0. The van der Waals surface area contributed by atoms with Crippen LogP contribution in [0, 0.1) is 11.7 Å². The number of hydrogen-bond donors (Lipinski definition) is 0. The van der Waals surface area contributed by atoms with Gasteiger partial charge in [-0.3, -0.25) is 0 Å². The van der Waals surface area contributed by atoms with Gasteiger partial charge in [-0.2, -0.15) is 0 Å². The third-order valence-electron chi connectivity index (χ3n) is 7.23. The third-order valence-corrected chi connectivity index (χ3v) is 7.23. The van der Waals surface area contributed by atoms with Crippen LogP contribution in [0.15, 0.2) is 66.7 Å². The molecule has 0 aliphatic heterocycles. The Hall–Kier alpha value is -3.34. The highest BCUT2D eigenvalue weighted by Crippen LogP contribution is 2.27. The minimum absolute atomic E-state index is 0.272. The van der Waals surface area contributed by atoms with E-state index < -0.39 is 5.97 Å². The van der Waals surface area contributed by atoms with Crippen LogP contribution in [0.25, 0.3) is 11.1 Å². The maximum atomic E-state index is 14.7. The molecule has 0 bridgehead atoms. The minimum Gasteiger partial charge on any atom is -0.494 e. The first-order valence-electron chi connectivity index (χ1n) is 15.0. The topological polar surface area (TPSA) is 44.8 Å². The fourth-order valence-electron chi connectivity index (χ4n) is 4.42. The second-order valence-corrected chi connectivity index (χ2v) is 10.6. The molecule has 0 fully saturated rings. The van der Waals surface area contributed by atoms with Crippen molar-refractivity contribution in [1.82, 2.24) is 0 Å². The Kier molecular flexibility index (Phi) is 13.5. The number of hydrogen-bond acceptors (Lipinski definition) is 4. The average molecular weight is 549 g/mol. The van der Waals surface area contributed by atoms with Crippen LogP contribution in [-0.2, 0) is 0 Å². The summed E-state index contributed by atoms with van der Waals surface area (Å²) in [7, 11) is 0. The van der Waals surface area contributed by atoms with Gasteiger partial charge < -0.3 is 14.2 Å². The molecule has 1 atom stereocenters. The Morgan fingerprint density at radius 2 is 1.35 bits per heavy atom. The Bertz CT molecular complexity index is 1140. The highest BCUT2D eigenvalue weighted by Gasteiger charge is 2.11. The lowest BCUT2D eigenvalue weighted by molar-refractivity contribution is 0.0734. The molecule has 0 saturated heterocycles. The zero-order chi connectivity index (χ0) is 28.6. The summed E-state index contributed by atoms with van der Waals surface area (Å²) in [6.45, 7) is 7.90. The van der Waals surface area contributed by atoms with Crippen molar-refractivity contribution in [1.29, 1.82) is 0 Å². The molecule has 216 valence electrons. The van der Waals surface area contributed by atoms with Crippen LogP contribution in [0.2, 0.25) is 0 Å². The van der Waals surface area contributed by atoms with Crippen molar-refractivity contribution in [2.45, 2.75) is 85.0 Å². The summed E-state index contributed by atoms with van der Waals surface area (Å²) in [4.78, 5) is 12.6. The maximum Gasteiger partial charge on any atom is 0.343 e. The average Bonchev–Trinajstić information content (AvgIpc) is 2.98. The third kappa shape index (κ3) is 10.7. The van der Waals surface area contributed by atoms with E-state index in [1.165, 1.54) is 51.0 Å². The first-order chi connectivity index (χ1) is 19.5. The van der Waals surface area contributed by atoms with Gasteiger partial charge in [-0.1, -0.05) is 90.3 Å². The molecule has 3 rings (SSSR count). The first-order valence-corrected chi connectivity index (χ1v) is 15.0. The molecule has 0 amide bonds. The predicted octanol–water partition coefficient (Wildman–Crippen LogP) is 10.0. The van der Waals surface area contributed by atoms with E-state index in [1.807, 2.05) is 18.2 Å². The fourth-order valence-corrected chi connectivity index (χ4v) is 4.42. The van der Waals surface area contributed by atoms with Gasteiger partial charge in [-0.05, 0) is 78.4 Å². The van der Waals surface area contributed by atoms with E-state index in [-0.39, 0.29) is 11.6 Å². The van der Waals surface area contributed by atoms with E-state index in [4.69, 9.17) is 14.2 Å². The molecule has 0 aliphatic carbocycles. The van der Waals surface area contributed by atoms with E-state index >= 15 is 0 Å². The Balaban J connectivity index is 1.44. The van der Waals surface area contributed by atoms with Crippen LogP contribution in [0.3, 0.4) is 0 Å². The summed E-state index contributed by atoms with van der Waals surface area (Å²) < 4.78 is 31.6. The lowest BCUT2D eigenvalue weighted by Crippen LogP contribution is -2.08. The van der Waals surface area contributed by atoms with Crippen LogP contribution in [0.5, 0.6) is 17.2 Å². The molecule has 0 aliphatic rings. The number of esters is 1. The highest BCUT2D eigenvalue weighted by atomic mass is 19.1. The van der Waals surface area contributed by atoms with Gasteiger partial charge in [0.2, 0.25) is 0 Å². The van der Waals surface area contributed by atoms with Gasteiger partial charge in [0.1, 0.15) is 11.5 Å². The second-order valence-electron chi connectivity index (χ2n) is 10.6. The molecule has 0 saturated carbocycles. The number of halogens is 1. The number of ether oxygens (including phenoxy) is 3. The smallest absolute Gasteiger partial charge is 0.343 e. The Labute approximate surface area is 239 Å². The summed E-state index contributed by atoms with van der Waals surface area (Å²) in [5.74, 6) is 1.42. The number of unbranched alkanes of at least 4 members (excludes halogenated alkanes) is 6. The zero-order valence-corrected chi connectivity index (χ0v) is 24.4. The van der Waals surface area contributed by atoms with Crippen molar-refractivity contribution in [3.63, 3.8) is 0 Å². The monoisotopic (exact) mass is 548 g/mol. The van der Waals surface area contributed by atoms with Crippen molar-refractivity contribution in [3.05, 3.63) is 78.1 Å². The quantitative estimate of drug-likeness (QED) is 0.0901. The van der Waals surface area contributed by atoms with Crippen molar-refractivity contribution >= 4 is 5.97 Å². The molecular weight excluding hydrogens is 503 g/mol. The largest absolute Gasteiger partial charge is 0.494 e. The van der Waals surface area contributed by atoms with Gasteiger partial charge >= 0.3 is 5.97 Å². The first kappa shape index (κ1) is 31.2. The second kappa shape index (κ2) is 17.4. The summed E-state index contributed by atoms with van der Waals surface area (Å²) >= 11 is 0. The van der Waals surface area contributed by atoms with Crippen molar-refractivity contribution in [2.24, 2.45) is 5.92 Å². The molecule has 5 heteroatoms. The molecule has 0 radical (unpaired) electrons. The van der Waals surface area contributed by atoms with Crippen LogP contribution >= 0.6 is 0 Å². The standard InChI is InChI=1S/C35H45FO4/c1-4-6-7-8-11-24-38-31-19-21-32(22-20-31)40-35(37)29-16-14-28(15-17-29)30-18-23-34(33(36)26-30)39-25-12-9-10-13-27(3)5-2/h14-23,26-27H,4-13,24-25H2,1-3H3. The molecule has 0 aromatic heterocycles. The van der Waals surface area contributed by atoms with Crippen molar-refractivity contribution in [3.8, 4) is 28.4 Å². The van der Waals surface area contributed by atoms with Crippen molar-refractivity contribution in [2.75, 3.05) is 13.2 Å². The van der Waals surface area contributed by atoms with E-state index in [0.717, 1.165) is 42.1 Å². The number of benzene rings is 3. The van der Waals surface area contributed by atoms with Crippen LogP contribution in [-0.4, -0.2) is 19.2 Å². The van der Waals surface area contributed by atoms with Crippen LogP contribution in [0.4, 0.5) is 4.39 Å². The van der Waals surface area contributed by atoms with Gasteiger partial charge in [0.25, 0.3) is 0 Å². The Morgan fingerprint density at radius 1 is 0.725 bits per heavy atom. The molecule has 3 aromatic rings. The molecule has 1 unspecified atom stereocenters. The fraction of sp³-hybridized carbons (Fsp3) is 0.457. The van der Waals surface area contributed by atoms with Gasteiger partial charge in [-0.15, -0.1) is 0 Å². The summed E-state index contributed by atoms with van der Waals surface area (Å²) in [6.07, 6.45) is 11.6. The maximum absolute atomic E-state index is 14.7. The van der Waals surface area contributed by atoms with Gasteiger partial charge in [0.15, 0.2) is 11.6 Å². The van der Waals surface area contributed by atoms with Crippen LogP contribution in [0.1, 0.15) is 95.3 Å². The molecule has 0 heterocycles. The Morgan fingerprint density at radius 3 is 2.02 bits per heavy atom. The van der Waals surface area contributed by atoms with Gasteiger partial charge in [-0.25, -0.2) is 9.18 Å². The van der Waals surface area contributed by atoms with E-state index in [9.17, 15) is 9.18 Å². The number of carbonyl (C=O) groups is 1. The molecule has 40 heavy (non-hydrogen) atoms. The highest BCUT2D eigenvalue weighted by molar-refractivity contribution is 5.91. The normalized spacial score (nSPS) is 11.7. The summed E-state index contributed by atoms with van der Waals surface area (Å²) in [5.41, 5.74) is 1.95. The van der Waals surface area contributed by atoms with Crippen LogP contribution < -0.4 is 14.2 Å². The van der Waals surface area contributed by atoms with E-state index in [1.54, 1.807) is 42.5 Å². The van der Waals surface area contributed by atoms with E-state index in [2.05, 4.69) is 20.8 Å². The lowest BCUT2D eigenvalue weighted by atomic mass is 10.0. The summed E-state index contributed by atoms with van der Waals surface area (Å²) in [5, 5.41) is 0. The van der Waals surface area contributed by atoms with Gasteiger partial charge in [0, 0.05) is 0 Å². The molecule has 0 N–H and O–H groups in total. The van der Waals surface area contributed by atoms with Gasteiger partial charge in [0.05, 0.1) is 18.8 Å². The number of rotatable bonds is 18. The molecular formula is C35H45FO4. The van der Waals surface area contributed by atoms with Crippen molar-refractivity contribution < 1.29 is 23.4 Å². The number of carbonyl (C=O) groups excluding carboxylic acids is 1.